The second-order valence-corrected chi connectivity index (χ2v) is 8.79. The van der Waals surface area contributed by atoms with Gasteiger partial charge >= 0.3 is 0 Å². The van der Waals surface area contributed by atoms with Crippen LogP contribution in [-0.4, -0.2) is 63.3 Å². The molecule has 0 radical (unpaired) electrons. The summed E-state index contributed by atoms with van der Waals surface area (Å²) in [6, 6.07) is 17.7. The molecule has 146 valence electrons. The number of benzene rings is 2. The minimum absolute atomic E-state index is 0.153. The van der Waals surface area contributed by atoms with Crippen LogP contribution in [0.2, 0.25) is 0 Å². The van der Waals surface area contributed by atoms with E-state index in [0.717, 1.165) is 39.1 Å². The first-order valence-electron chi connectivity index (χ1n) is 9.73. The van der Waals surface area contributed by atoms with Gasteiger partial charge in [0.25, 0.3) is 11.8 Å². The minimum atomic E-state index is -0.153. The second kappa shape index (κ2) is 8.71. The van der Waals surface area contributed by atoms with Crippen LogP contribution in [0.25, 0.3) is 0 Å². The molecule has 5 nitrogen and oxygen atoms in total. The zero-order valence-corrected chi connectivity index (χ0v) is 17.9. The molecule has 0 aromatic heterocycles. The number of halogens is 1. The lowest BCUT2D eigenvalue weighted by molar-refractivity contribution is 0.0638. The van der Waals surface area contributed by atoms with Crippen LogP contribution in [-0.2, 0) is 6.54 Å². The van der Waals surface area contributed by atoms with Gasteiger partial charge < -0.3 is 0 Å². The minimum Gasteiger partial charge on any atom is -0.295 e. The van der Waals surface area contributed by atoms with Gasteiger partial charge in [0.15, 0.2) is 0 Å². The van der Waals surface area contributed by atoms with E-state index in [4.69, 9.17) is 0 Å². The van der Waals surface area contributed by atoms with E-state index in [2.05, 4.69) is 62.7 Å². The lowest BCUT2D eigenvalue weighted by Gasteiger charge is -2.39. The van der Waals surface area contributed by atoms with Crippen molar-refractivity contribution in [3.8, 4) is 0 Å². The molecule has 1 fully saturated rings. The maximum atomic E-state index is 12.5. The molecule has 4 rings (SSSR count). The van der Waals surface area contributed by atoms with Crippen LogP contribution in [0, 0.1) is 0 Å². The van der Waals surface area contributed by atoms with E-state index in [1.165, 1.54) is 10.5 Å². The predicted molar refractivity (Wildman–Crippen MR) is 118 cm³/mol. The number of fused-ring (bicyclic) bond motifs is 1. The molecule has 2 amide bonds. The summed E-state index contributed by atoms with van der Waals surface area (Å²) < 4.78 is 0.442. The van der Waals surface area contributed by atoms with Crippen molar-refractivity contribution in [2.24, 2.45) is 0 Å². The van der Waals surface area contributed by atoms with Gasteiger partial charge in [-0.2, -0.15) is 0 Å². The van der Waals surface area contributed by atoms with E-state index >= 15 is 0 Å². The van der Waals surface area contributed by atoms with E-state index in [-0.39, 0.29) is 11.8 Å². The third-order valence-corrected chi connectivity index (χ3v) is 6.64. The number of piperazine rings is 1. The highest BCUT2D eigenvalue weighted by Crippen LogP contribution is 2.23. The van der Waals surface area contributed by atoms with Crippen LogP contribution >= 0.6 is 22.6 Å². The molecule has 28 heavy (non-hydrogen) atoms. The number of hydrogen-bond donors (Lipinski definition) is 0. The normalized spacial score (nSPS) is 20.6. The van der Waals surface area contributed by atoms with Crippen molar-refractivity contribution in [2.75, 3.05) is 32.7 Å². The fourth-order valence-corrected chi connectivity index (χ4v) is 5.06. The number of amides is 2. The van der Waals surface area contributed by atoms with E-state index in [1.807, 2.05) is 12.1 Å². The highest BCUT2D eigenvalue weighted by molar-refractivity contribution is 14.1. The fourth-order valence-electron chi connectivity index (χ4n) is 3.94. The van der Waals surface area contributed by atoms with Crippen LogP contribution < -0.4 is 0 Å². The number of rotatable bonds is 6. The monoisotopic (exact) mass is 489 g/mol. The highest BCUT2D eigenvalue weighted by Gasteiger charge is 2.34. The van der Waals surface area contributed by atoms with E-state index in [9.17, 15) is 9.59 Å². The van der Waals surface area contributed by atoms with Gasteiger partial charge in [0.05, 0.1) is 15.2 Å². The van der Waals surface area contributed by atoms with Gasteiger partial charge in [-0.25, -0.2) is 0 Å². The predicted octanol–water partition coefficient (Wildman–Crippen LogP) is 3.25. The summed E-state index contributed by atoms with van der Waals surface area (Å²) in [6.45, 7) is 5.47. The number of hydrogen-bond acceptors (Lipinski definition) is 4. The molecule has 2 aromatic carbocycles. The Balaban J connectivity index is 1.25. The Kier molecular flexibility index (Phi) is 6.08. The third-order valence-electron chi connectivity index (χ3n) is 5.46. The molecule has 2 aromatic rings. The Morgan fingerprint density at radius 3 is 2.14 bits per heavy atom. The summed E-state index contributed by atoms with van der Waals surface area (Å²) in [7, 11) is 0. The Labute approximate surface area is 179 Å². The van der Waals surface area contributed by atoms with Crippen molar-refractivity contribution in [2.45, 2.75) is 17.0 Å². The first-order chi connectivity index (χ1) is 13.6. The summed E-state index contributed by atoms with van der Waals surface area (Å²) in [6.07, 6.45) is 0.809. The second-order valence-electron chi connectivity index (χ2n) is 7.35. The van der Waals surface area contributed by atoms with Crippen LogP contribution in [0.3, 0.4) is 0 Å². The molecule has 6 heteroatoms. The maximum absolute atomic E-state index is 12.5. The van der Waals surface area contributed by atoms with Gasteiger partial charge in [-0.3, -0.25) is 24.3 Å². The average Bonchev–Trinajstić information content (AvgIpc) is 2.95. The first kappa shape index (κ1) is 19.5. The van der Waals surface area contributed by atoms with Gasteiger partial charge in [-0.15, -0.1) is 0 Å². The summed E-state index contributed by atoms with van der Waals surface area (Å²) in [4.78, 5) is 31.3. The lowest BCUT2D eigenvalue weighted by Crippen LogP contribution is -2.50. The smallest absolute Gasteiger partial charge is 0.261 e. The van der Waals surface area contributed by atoms with Gasteiger partial charge in [-0.1, -0.05) is 65.1 Å². The van der Waals surface area contributed by atoms with Crippen molar-refractivity contribution < 1.29 is 9.59 Å². The summed E-state index contributed by atoms with van der Waals surface area (Å²) >= 11 is 2.51. The molecule has 0 aliphatic carbocycles. The van der Waals surface area contributed by atoms with Crippen molar-refractivity contribution in [1.29, 1.82) is 0 Å². The Morgan fingerprint density at radius 2 is 1.50 bits per heavy atom. The molecule has 0 spiro atoms. The van der Waals surface area contributed by atoms with E-state index in [1.54, 1.807) is 12.1 Å². The van der Waals surface area contributed by atoms with E-state index in [0.29, 0.717) is 21.7 Å². The van der Waals surface area contributed by atoms with Crippen molar-refractivity contribution >= 4 is 34.4 Å². The topological polar surface area (TPSA) is 43.9 Å². The van der Waals surface area contributed by atoms with Crippen LogP contribution in [0.15, 0.2) is 54.6 Å². The molecule has 1 unspecified atom stereocenters. The molecule has 1 saturated heterocycles. The van der Waals surface area contributed by atoms with Crippen LogP contribution in [0.5, 0.6) is 0 Å². The molecule has 1 atom stereocenters. The first-order valence-corrected chi connectivity index (χ1v) is 11.0. The largest absolute Gasteiger partial charge is 0.295 e. The summed E-state index contributed by atoms with van der Waals surface area (Å²) in [5.74, 6) is -0.307. The summed E-state index contributed by atoms with van der Waals surface area (Å²) in [5, 5.41) is 0. The van der Waals surface area contributed by atoms with Gasteiger partial charge in [-0.05, 0) is 24.1 Å². The SMILES string of the molecule is O=C1c2ccccc2C(=O)N1CCCN1CCN(Cc2ccccc2)CC1I. The van der Waals surface area contributed by atoms with Crippen molar-refractivity contribution in [1.82, 2.24) is 14.7 Å². The van der Waals surface area contributed by atoms with Crippen molar-refractivity contribution in [3.63, 3.8) is 0 Å². The highest BCUT2D eigenvalue weighted by atomic mass is 127. The molecular formula is C22H24IN3O2. The van der Waals surface area contributed by atoms with Crippen LogP contribution in [0.1, 0.15) is 32.7 Å². The molecule has 2 aliphatic heterocycles. The molecule has 0 saturated carbocycles. The molecule has 0 N–H and O–H groups in total. The van der Waals surface area contributed by atoms with Gasteiger partial charge in [0.1, 0.15) is 0 Å². The summed E-state index contributed by atoms with van der Waals surface area (Å²) in [5.41, 5.74) is 2.42. The Bertz CT molecular complexity index is 823. The third kappa shape index (κ3) is 4.14. The fraction of sp³-hybridized carbons (Fsp3) is 0.364. The van der Waals surface area contributed by atoms with Gasteiger partial charge in [0.2, 0.25) is 0 Å². The van der Waals surface area contributed by atoms with Crippen LogP contribution in [0.4, 0.5) is 0 Å². The lowest BCUT2D eigenvalue weighted by atomic mass is 10.1. The zero-order chi connectivity index (χ0) is 19.5. The Morgan fingerprint density at radius 1 is 0.857 bits per heavy atom. The maximum Gasteiger partial charge on any atom is 0.261 e. The van der Waals surface area contributed by atoms with Gasteiger partial charge in [0, 0.05) is 39.3 Å². The average molecular weight is 489 g/mol. The molecule has 2 aliphatic rings. The van der Waals surface area contributed by atoms with E-state index < -0.39 is 0 Å². The molecule has 2 heterocycles. The molecular weight excluding hydrogens is 465 g/mol. The zero-order valence-electron chi connectivity index (χ0n) is 15.8. The number of imide groups is 1. The standard InChI is InChI=1S/C22H24IN3O2/c23-20-16-24(15-17-7-2-1-3-8-17)13-14-25(20)11-6-12-26-21(27)18-9-4-5-10-19(18)22(26)28/h1-5,7-10,20H,6,11-16H2. The molecule has 0 bridgehead atoms. The van der Waals surface area contributed by atoms with Crippen molar-refractivity contribution in [3.05, 3.63) is 71.3 Å². The number of carbonyl (C=O) groups excluding carboxylic acids is 2. The number of carbonyl (C=O) groups is 2. The number of nitrogens with zero attached hydrogens (tertiary/aromatic N) is 3. The quantitative estimate of drug-likeness (QED) is 0.271. The number of alkyl halides is 1. The Hall–Kier alpha value is -1.77.